The van der Waals surface area contributed by atoms with Crippen molar-refractivity contribution in [2.45, 2.75) is 20.3 Å². The zero-order chi connectivity index (χ0) is 13.3. The Kier molecular flexibility index (Phi) is 7.17. The Morgan fingerprint density at radius 1 is 1.24 bits per heavy atom. The number of ether oxygens (including phenoxy) is 1. The summed E-state index contributed by atoms with van der Waals surface area (Å²) in [6, 6.07) is 6.77. The van der Waals surface area contributed by atoms with E-state index in [9.17, 15) is 9.59 Å². The topological polar surface area (TPSA) is 81.4 Å². The summed E-state index contributed by atoms with van der Waals surface area (Å²) in [5.41, 5.74) is 5.47. The lowest BCUT2D eigenvalue weighted by molar-refractivity contribution is -0.124. The minimum atomic E-state index is -0.652. The van der Waals surface area contributed by atoms with E-state index in [2.05, 4.69) is 5.32 Å². The van der Waals surface area contributed by atoms with Crippen molar-refractivity contribution in [1.82, 2.24) is 0 Å². The van der Waals surface area contributed by atoms with Crippen molar-refractivity contribution in [3.63, 3.8) is 0 Å². The molecule has 0 unspecified atom stereocenters. The number of hydrogen-bond acceptors (Lipinski definition) is 3. The van der Waals surface area contributed by atoms with Crippen LogP contribution in [0.1, 0.15) is 20.3 Å². The molecule has 0 aliphatic heterocycles. The molecule has 17 heavy (non-hydrogen) atoms. The van der Waals surface area contributed by atoms with Crippen molar-refractivity contribution in [2.24, 2.45) is 5.73 Å². The number of carbonyl (C=O) groups is 2. The molecule has 1 rings (SSSR count). The molecule has 2 amide bonds. The molecule has 3 N–H and O–H groups in total. The molecule has 0 aliphatic rings. The van der Waals surface area contributed by atoms with Crippen LogP contribution in [-0.2, 0) is 9.59 Å². The Bertz CT molecular complexity index is 361. The third-order valence-corrected chi connectivity index (χ3v) is 1.71. The minimum Gasteiger partial charge on any atom is -0.497 e. The molecule has 1 aromatic carbocycles. The largest absolute Gasteiger partial charge is 0.497 e. The molecule has 0 radical (unpaired) electrons. The van der Waals surface area contributed by atoms with E-state index in [0.717, 1.165) is 0 Å². The van der Waals surface area contributed by atoms with E-state index in [1.807, 2.05) is 13.8 Å². The Balaban J connectivity index is 0.00000121. The summed E-state index contributed by atoms with van der Waals surface area (Å²) < 4.78 is 4.95. The number of hydrogen-bond donors (Lipinski definition) is 2. The van der Waals surface area contributed by atoms with Crippen molar-refractivity contribution in [3.05, 3.63) is 24.3 Å². The van der Waals surface area contributed by atoms with Crippen molar-refractivity contribution < 1.29 is 14.3 Å². The lowest BCUT2D eigenvalue weighted by Crippen LogP contribution is -2.21. The predicted molar refractivity (Wildman–Crippen MR) is 66.8 cm³/mol. The molecular formula is C12H18N2O3. The van der Waals surface area contributed by atoms with Crippen molar-refractivity contribution in [2.75, 3.05) is 12.4 Å². The van der Waals surface area contributed by atoms with Gasteiger partial charge in [0.15, 0.2) is 0 Å². The number of anilines is 1. The number of amides is 2. The summed E-state index contributed by atoms with van der Waals surface area (Å²) >= 11 is 0. The first-order valence-electron chi connectivity index (χ1n) is 5.34. The van der Waals surface area contributed by atoms with Crippen LogP contribution >= 0.6 is 0 Å². The van der Waals surface area contributed by atoms with Crippen LogP contribution in [0.3, 0.4) is 0 Å². The van der Waals surface area contributed by atoms with E-state index < -0.39 is 11.8 Å². The van der Waals surface area contributed by atoms with Gasteiger partial charge in [-0.05, 0) is 24.3 Å². The van der Waals surface area contributed by atoms with Gasteiger partial charge < -0.3 is 15.8 Å². The first-order valence-corrected chi connectivity index (χ1v) is 5.34. The van der Waals surface area contributed by atoms with Crippen LogP contribution in [0.4, 0.5) is 5.69 Å². The SMILES string of the molecule is CC.COc1ccc(NC(=O)CC(N)=O)cc1. The Morgan fingerprint density at radius 3 is 2.18 bits per heavy atom. The quantitative estimate of drug-likeness (QED) is 0.780. The molecule has 0 aliphatic carbocycles. The van der Waals surface area contributed by atoms with Gasteiger partial charge in [-0.25, -0.2) is 0 Å². The number of benzene rings is 1. The average Bonchev–Trinajstić information content (AvgIpc) is 2.31. The third-order valence-electron chi connectivity index (χ3n) is 1.71. The molecule has 94 valence electrons. The molecule has 0 spiro atoms. The number of nitrogens with two attached hydrogens (primary N) is 1. The zero-order valence-corrected chi connectivity index (χ0v) is 10.3. The number of methoxy groups -OCH3 is 1. The van der Waals surface area contributed by atoms with Crippen LogP contribution in [0, 0.1) is 0 Å². The normalized spacial score (nSPS) is 8.65. The summed E-state index contributed by atoms with van der Waals surface area (Å²) in [6.07, 6.45) is -0.313. The number of nitrogens with one attached hydrogen (secondary N) is 1. The first-order chi connectivity index (χ1) is 8.11. The summed E-state index contributed by atoms with van der Waals surface area (Å²) in [6.45, 7) is 4.00. The van der Waals surface area contributed by atoms with E-state index in [1.165, 1.54) is 0 Å². The first kappa shape index (κ1) is 15.0. The van der Waals surface area contributed by atoms with Gasteiger partial charge in [-0.15, -0.1) is 0 Å². The molecule has 5 nitrogen and oxygen atoms in total. The van der Waals surface area contributed by atoms with Crippen LogP contribution in [-0.4, -0.2) is 18.9 Å². The van der Waals surface area contributed by atoms with E-state index in [1.54, 1.807) is 31.4 Å². The van der Waals surface area contributed by atoms with Gasteiger partial charge in [0.25, 0.3) is 0 Å². The third kappa shape index (κ3) is 6.19. The van der Waals surface area contributed by atoms with Crippen LogP contribution in [0.2, 0.25) is 0 Å². The van der Waals surface area contributed by atoms with Gasteiger partial charge in [0.05, 0.1) is 7.11 Å². The smallest absolute Gasteiger partial charge is 0.233 e. The molecule has 0 saturated heterocycles. The van der Waals surface area contributed by atoms with Crippen LogP contribution in [0.15, 0.2) is 24.3 Å². The number of rotatable bonds is 4. The standard InChI is InChI=1S/C10H12N2O3.C2H6/c1-15-8-4-2-7(3-5-8)12-10(14)6-9(11)13;1-2/h2-5H,6H2,1H3,(H2,11,13)(H,12,14);1-2H3. The predicted octanol–water partition coefficient (Wildman–Crippen LogP) is 1.54. The lowest BCUT2D eigenvalue weighted by Gasteiger charge is -2.04. The second kappa shape index (κ2) is 8.15. The molecule has 0 heterocycles. The number of carbonyl (C=O) groups excluding carboxylic acids is 2. The molecule has 0 bridgehead atoms. The van der Waals surface area contributed by atoms with Crippen molar-refractivity contribution in [1.29, 1.82) is 0 Å². The highest BCUT2D eigenvalue weighted by Crippen LogP contribution is 2.14. The van der Waals surface area contributed by atoms with Gasteiger partial charge in [-0.3, -0.25) is 9.59 Å². The van der Waals surface area contributed by atoms with E-state index >= 15 is 0 Å². The van der Waals surface area contributed by atoms with Gasteiger partial charge in [0, 0.05) is 5.69 Å². The van der Waals surface area contributed by atoms with Gasteiger partial charge in [-0.1, -0.05) is 13.8 Å². The van der Waals surface area contributed by atoms with E-state index in [0.29, 0.717) is 11.4 Å². The second-order valence-corrected chi connectivity index (χ2v) is 2.92. The number of primary amides is 1. The van der Waals surface area contributed by atoms with Gasteiger partial charge in [0.2, 0.25) is 11.8 Å². The second-order valence-electron chi connectivity index (χ2n) is 2.92. The van der Waals surface area contributed by atoms with E-state index in [4.69, 9.17) is 10.5 Å². The summed E-state index contributed by atoms with van der Waals surface area (Å²) in [5, 5.41) is 2.53. The van der Waals surface area contributed by atoms with Crippen LogP contribution < -0.4 is 15.8 Å². The van der Waals surface area contributed by atoms with Gasteiger partial charge in [-0.2, -0.15) is 0 Å². The maximum atomic E-state index is 11.1. The molecular weight excluding hydrogens is 220 g/mol. The fraction of sp³-hybridized carbons (Fsp3) is 0.333. The van der Waals surface area contributed by atoms with Crippen molar-refractivity contribution >= 4 is 17.5 Å². The highest BCUT2D eigenvalue weighted by Gasteiger charge is 2.05. The highest BCUT2D eigenvalue weighted by atomic mass is 16.5. The Morgan fingerprint density at radius 2 is 1.76 bits per heavy atom. The Labute approximate surface area is 101 Å². The summed E-state index contributed by atoms with van der Waals surface area (Å²) in [4.78, 5) is 21.6. The molecule has 1 aromatic rings. The average molecular weight is 238 g/mol. The minimum absolute atomic E-state index is 0.313. The fourth-order valence-electron chi connectivity index (χ4n) is 1.04. The summed E-state index contributed by atoms with van der Waals surface area (Å²) in [5.74, 6) is -0.378. The van der Waals surface area contributed by atoms with Gasteiger partial charge >= 0.3 is 0 Å². The van der Waals surface area contributed by atoms with Gasteiger partial charge in [0.1, 0.15) is 12.2 Å². The van der Waals surface area contributed by atoms with E-state index in [-0.39, 0.29) is 6.42 Å². The zero-order valence-electron chi connectivity index (χ0n) is 10.3. The lowest BCUT2D eigenvalue weighted by atomic mass is 10.3. The van der Waals surface area contributed by atoms with Crippen LogP contribution in [0.5, 0.6) is 5.75 Å². The molecule has 5 heteroatoms. The summed E-state index contributed by atoms with van der Waals surface area (Å²) in [7, 11) is 1.56. The highest BCUT2D eigenvalue weighted by molar-refractivity contribution is 6.03. The molecule has 0 aromatic heterocycles. The van der Waals surface area contributed by atoms with Crippen molar-refractivity contribution in [3.8, 4) is 5.75 Å². The molecule has 0 atom stereocenters. The Hall–Kier alpha value is -2.04. The van der Waals surface area contributed by atoms with Crippen LogP contribution in [0.25, 0.3) is 0 Å². The molecule has 0 fully saturated rings. The maximum Gasteiger partial charge on any atom is 0.233 e. The monoisotopic (exact) mass is 238 g/mol. The molecule has 0 saturated carbocycles. The fourth-order valence-corrected chi connectivity index (χ4v) is 1.04. The maximum absolute atomic E-state index is 11.1.